The number of hydrogen-bond acceptors (Lipinski definition) is 23. The quantitative estimate of drug-likeness (QED) is 0.00641. The predicted molar refractivity (Wildman–Crippen MR) is 488 cm³/mol. The number of likely N-dealkylation sites (tertiary alicyclic amines) is 1. The molecule has 10 amide bonds. The second-order valence-corrected chi connectivity index (χ2v) is 35.3. The maximum atomic E-state index is 14.8. The molecule has 0 radical (unpaired) electrons. The van der Waals surface area contributed by atoms with Gasteiger partial charge in [-0.2, -0.15) is 8.42 Å². The number of amides is 10. The van der Waals surface area contributed by atoms with E-state index in [1.165, 1.54) is 12.1 Å². The van der Waals surface area contributed by atoms with Gasteiger partial charge in [0.05, 0.1) is 15.0 Å². The van der Waals surface area contributed by atoms with Crippen LogP contribution in [0.15, 0.2) is 87.3 Å². The maximum absolute atomic E-state index is 14.8. The van der Waals surface area contributed by atoms with Gasteiger partial charge in [-0.15, -0.1) is 11.8 Å². The molecule has 0 aromatic heterocycles. The summed E-state index contributed by atoms with van der Waals surface area (Å²) in [6.45, 7) is 14.4. The molecule has 0 spiro atoms. The number of benzene rings is 2. The number of rotatable bonds is 57. The first-order valence-electron chi connectivity index (χ1n) is 41.9. The monoisotopic (exact) mass is 1830 g/mol. The molecule has 1 fully saturated rings. The third kappa shape index (κ3) is 37.1. The molecule has 704 valence electrons. The van der Waals surface area contributed by atoms with Crippen molar-refractivity contribution in [1.29, 1.82) is 32.5 Å². The second kappa shape index (κ2) is 53.4. The fourth-order valence-corrected chi connectivity index (χ4v) is 16.2. The zero-order valence-electron chi connectivity index (χ0n) is 73.1. The summed E-state index contributed by atoms with van der Waals surface area (Å²) in [7, 11) is -7.36. The average Bonchev–Trinajstić information content (AvgIpc) is 1.59. The molecule has 2 aliphatic heterocycles. The van der Waals surface area contributed by atoms with Crippen LogP contribution in [-0.4, -0.2) is 240 Å². The number of allylic oxidation sites excluding steroid dienone is 6. The highest BCUT2D eigenvalue weighted by atomic mass is 32.2. The number of nitrogens with zero attached hydrogens (tertiary/aromatic N) is 3. The first-order chi connectivity index (χ1) is 59.8. The highest BCUT2D eigenvalue weighted by molar-refractivity contribution is 8.00. The van der Waals surface area contributed by atoms with Crippen molar-refractivity contribution < 1.29 is 69.3 Å². The largest absolute Gasteiger partial charge is 0.370 e. The molecule has 47 heteroatoms. The molecular weight excluding hydrogens is 1700 g/mol. The van der Waals surface area contributed by atoms with Gasteiger partial charge in [0.1, 0.15) is 36.3 Å². The SMILES string of the molecule is CC\N=C(/C=C/C=C/C=C1/N(CCCCCC(=O)NCCN2C(=O)CC(SC[C@@H](NC(=O)[C@@H](CCCNC(=N)N)NC(=O)[C@@H](CCCNC(=N)N)NC(=O)[C@@H](CCCNC(=N)N)NC(=O)[C@@H](CCCNC(=N)N)NC(=O)[C@@H](CCCNC(=N)N)NC(=O)[C@H](C)CCCNC(=N)N)C(N)=O)C2=O)c2ccc(S(=O)(=O)O)cc2C1(C)C)C(C)(C)c1cc([SH](=O)=O)ccc1C. The van der Waals surface area contributed by atoms with Crippen LogP contribution in [0.4, 0.5) is 5.69 Å². The van der Waals surface area contributed by atoms with Crippen molar-refractivity contribution in [1.82, 2.24) is 74.0 Å². The molecule has 0 saturated carbocycles. The number of aryl methyl sites for hydroxylation is 1. The summed E-state index contributed by atoms with van der Waals surface area (Å²) in [5, 5.41) is 79.1. The summed E-state index contributed by atoms with van der Waals surface area (Å²) in [4.78, 5) is 148. The number of thiol groups is 1. The summed E-state index contributed by atoms with van der Waals surface area (Å²) >= 11 is 0.847. The third-order valence-electron chi connectivity index (χ3n) is 20.9. The Morgan fingerprint density at radius 1 is 0.567 bits per heavy atom. The topological polar surface area (TPSA) is 760 Å². The van der Waals surface area contributed by atoms with Crippen LogP contribution in [0.2, 0.25) is 0 Å². The van der Waals surface area contributed by atoms with E-state index in [2.05, 4.69) is 74.0 Å². The Kier molecular flexibility index (Phi) is 45.0. The van der Waals surface area contributed by atoms with Crippen molar-refractivity contribution in [2.45, 2.75) is 220 Å². The van der Waals surface area contributed by atoms with Crippen molar-refractivity contribution in [3.05, 3.63) is 89.2 Å². The molecule has 8 atom stereocenters. The standard InChI is InChI=1S/C80H131N29O15S3/c1-8-94-61(79(4,5)51-43-49(126(120)121)31-30-47(51)2)27-11-9-12-28-62-80(6,7)52-44-50(127(122,123)124)32-33-59(52)108(62)41-14-10-13-29-63(110)95-40-42-109-64(111)45-60(72(109)119)125-46-58(65(81)112)107-71(118)57(26-20-39-101-78(92)93)106-70(117)56(25-19-38-100-77(90)91)105-69(116)55(24-18-37-99-76(88)89)104-68(115)54(23-17-36-98-75(86)87)103-67(114)53(22-16-35-97-74(84)85)102-66(113)48(3)21-15-34-96-73(82)83/h9,11-12,27-28,30-33,43-44,48,53-58,60,126H,8,10,13-26,29,34-42,45-46H2,1-7H3,(H2,81,112)(H,95,110)(H,102,113)(H,103,114)(H,104,115)(H,105,116)(H,106,117)(H,107,118)(H4,82,83,96)(H4,84,85,97)(H4,86,87,98)(H4,88,89,99)(H4,90,91,100)(H4,92,93,101)(H,122,123,124)/b12-9+,27-11+,62-28+,94-61+/t48-,53-,54-,55-,56-,57-,58-,60?/m1/s1. The normalized spacial score (nSPS) is 15.8. The minimum absolute atomic E-state index is 0.00180. The molecule has 34 N–H and O–H groups in total. The molecule has 1 unspecified atom stereocenters. The van der Waals surface area contributed by atoms with Gasteiger partial charge < -0.3 is 114 Å². The zero-order chi connectivity index (χ0) is 94.9. The van der Waals surface area contributed by atoms with Gasteiger partial charge in [0.25, 0.3) is 10.1 Å². The number of nitrogens with one attached hydrogen (secondary N) is 19. The molecule has 1 saturated heterocycles. The Balaban J connectivity index is 1.48. The lowest BCUT2D eigenvalue weighted by molar-refractivity contribution is -0.138. The lowest BCUT2D eigenvalue weighted by Gasteiger charge is -2.28. The minimum atomic E-state index is -4.55. The van der Waals surface area contributed by atoms with Crippen LogP contribution >= 0.6 is 11.8 Å². The lowest BCUT2D eigenvalue weighted by atomic mass is 9.77. The first kappa shape index (κ1) is 107. The van der Waals surface area contributed by atoms with Crippen LogP contribution in [0.1, 0.15) is 167 Å². The Morgan fingerprint density at radius 2 is 1.00 bits per heavy atom. The van der Waals surface area contributed by atoms with Gasteiger partial charge in [0, 0.05) is 118 Å². The zero-order valence-corrected chi connectivity index (χ0v) is 75.6. The second-order valence-electron chi connectivity index (χ2n) is 31.6. The number of carbonyl (C=O) groups excluding carboxylic acids is 10. The number of imide groups is 1. The van der Waals surface area contributed by atoms with E-state index in [1.807, 2.05) is 71.9 Å². The van der Waals surface area contributed by atoms with E-state index in [4.69, 9.17) is 77.6 Å². The summed E-state index contributed by atoms with van der Waals surface area (Å²) in [6, 6.07) is 0.597. The number of thioether (sulfide) groups is 1. The van der Waals surface area contributed by atoms with E-state index >= 15 is 0 Å². The van der Waals surface area contributed by atoms with E-state index in [0.29, 0.717) is 57.3 Å². The molecule has 127 heavy (non-hydrogen) atoms. The number of primary amides is 1. The fraction of sp³-hybridized carbons (Fsp3) is 0.562. The first-order valence-corrected chi connectivity index (χ1v) is 45.5. The predicted octanol–water partition coefficient (Wildman–Crippen LogP) is -2.11. The molecule has 2 aromatic rings. The molecule has 2 aliphatic rings. The van der Waals surface area contributed by atoms with E-state index in [1.54, 1.807) is 31.2 Å². The van der Waals surface area contributed by atoms with Crippen molar-refractivity contribution in [2.24, 2.45) is 51.0 Å². The average molecular weight is 1840 g/mol. The van der Waals surface area contributed by atoms with E-state index in [0.717, 1.165) is 44.9 Å². The van der Waals surface area contributed by atoms with E-state index in [-0.39, 0.29) is 156 Å². The molecule has 4 rings (SSSR count). The summed E-state index contributed by atoms with van der Waals surface area (Å²) in [6.07, 6.45) is 11.1. The number of carbonyl (C=O) groups is 10. The number of aliphatic imine (C=N–C) groups is 1. The Morgan fingerprint density at radius 3 is 1.42 bits per heavy atom. The van der Waals surface area contributed by atoms with Crippen molar-refractivity contribution in [3.8, 4) is 0 Å². The summed E-state index contributed by atoms with van der Waals surface area (Å²) in [5.41, 5.74) is 42.2. The Bertz CT molecular complexity index is 4570. The molecule has 0 bridgehead atoms. The lowest BCUT2D eigenvalue weighted by Crippen LogP contribution is -2.60. The number of nitrogens with two attached hydrogens (primary N) is 7. The van der Waals surface area contributed by atoms with Gasteiger partial charge in [-0.3, -0.25) is 94.8 Å². The number of fused-ring (bicyclic) bond motifs is 1. The maximum Gasteiger partial charge on any atom is 0.294 e. The third-order valence-corrected chi connectivity index (χ3v) is 23.7. The molecule has 0 aliphatic carbocycles. The van der Waals surface area contributed by atoms with Crippen molar-refractivity contribution in [2.75, 3.05) is 76.1 Å². The van der Waals surface area contributed by atoms with Crippen LogP contribution < -0.4 is 114 Å². The van der Waals surface area contributed by atoms with Gasteiger partial charge in [0.15, 0.2) is 46.5 Å². The fourth-order valence-electron chi connectivity index (χ4n) is 14.1. The Hall–Kier alpha value is -12.1. The van der Waals surface area contributed by atoms with E-state index in [9.17, 15) is 69.3 Å². The van der Waals surface area contributed by atoms with Gasteiger partial charge in [-0.05, 0) is 163 Å². The summed E-state index contributed by atoms with van der Waals surface area (Å²) < 4.78 is 58.6. The smallest absolute Gasteiger partial charge is 0.294 e. The minimum Gasteiger partial charge on any atom is -0.370 e. The van der Waals surface area contributed by atoms with Crippen LogP contribution in [0, 0.1) is 45.3 Å². The van der Waals surface area contributed by atoms with Crippen molar-refractivity contribution in [3.63, 3.8) is 0 Å². The molecule has 2 aromatic carbocycles. The number of hydrogen-bond donors (Lipinski definition) is 28. The van der Waals surface area contributed by atoms with Crippen LogP contribution in [0.25, 0.3) is 0 Å². The van der Waals surface area contributed by atoms with Crippen LogP contribution in [0.5, 0.6) is 0 Å². The van der Waals surface area contributed by atoms with Gasteiger partial charge in [-0.25, -0.2) is 8.42 Å². The van der Waals surface area contributed by atoms with Gasteiger partial charge >= 0.3 is 0 Å². The van der Waals surface area contributed by atoms with E-state index < -0.39 is 156 Å². The highest BCUT2D eigenvalue weighted by Crippen LogP contribution is 2.49. The van der Waals surface area contributed by atoms with Crippen LogP contribution in [-0.2, 0) is 79.6 Å². The summed E-state index contributed by atoms with van der Waals surface area (Å²) in [5.74, 6) is -11.1. The van der Waals surface area contributed by atoms with Crippen molar-refractivity contribution >= 4 is 139 Å². The van der Waals surface area contributed by atoms with Crippen LogP contribution in [0.3, 0.4) is 0 Å². The van der Waals surface area contributed by atoms with Gasteiger partial charge in [-0.1, -0.05) is 65.3 Å². The van der Waals surface area contributed by atoms with Gasteiger partial charge in [0.2, 0.25) is 59.1 Å². The molecule has 2 heterocycles. The highest BCUT2D eigenvalue weighted by Gasteiger charge is 2.43. The Labute approximate surface area is 746 Å². The number of guanidine groups is 6. The molecular formula is C80H131N29O15S3. The number of anilines is 1. The number of unbranched alkanes of at least 4 members (excludes halogenated alkanes) is 2. The molecule has 44 nitrogen and oxygen atoms in total.